The van der Waals surface area contributed by atoms with Crippen LogP contribution in [0.5, 0.6) is 0 Å². The Balaban J connectivity index is 2.03. The van der Waals surface area contributed by atoms with E-state index in [9.17, 15) is 9.90 Å². The van der Waals surface area contributed by atoms with Crippen LogP contribution < -0.4 is 5.32 Å². The lowest BCUT2D eigenvalue weighted by Gasteiger charge is -2.36. The minimum Gasteiger partial charge on any atom is -0.394 e. The molecular formula is C12H18N2O2. The summed E-state index contributed by atoms with van der Waals surface area (Å²) < 4.78 is 0. The lowest BCUT2D eigenvalue weighted by Crippen LogP contribution is -2.52. The number of nitrogens with one attached hydrogen (secondary N) is 2. The van der Waals surface area contributed by atoms with Gasteiger partial charge in [0.25, 0.3) is 5.91 Å². The molecule has 1 aromatic rings. The molecule has 3 N–H and O–H groups in total. The standard InChI is InChI=1S/C12H18N2O2/c15-9-12(6-2-1-3-7-12)14-11(16)10-5-4-8-13-10/h4-5,8,13,15H,1-3,6-7,9H2,(H,14,16). The molecule has 0 atom stereocenters. The first-order chi connectivity index (χ1) is 7.76. The normalized spacial score (nSPS) is 19.3. The molecule has 0 unspecified atom stereocenters. The quantitative estimate of drug-likeness (QED) is 0.724. The Morgan fingerprint density at radius 1 is 1.44 bits per heavy atom. The van der Waals surface area contributed by atoms with Crippen LogP contribution in [0.15, 0.2) is 18.3 Å². The van der Waals surface area contributed by atoms with Crippen molar-refractivity contribution < 1.29 is 9.90 Å². The van der Waals surface area contributed by atoms with Gasteiger partial charge >= 0.3 is 0 Å². The lowest BCUT2D eigenvalue weighted by molar-refractivity contribution is 0.0754. The molecule has 1 aromatic heterocycles. The Kier molecular flexibility index (Phi) is 3.29. The Bertz CT molecular complexity index is 340. The molecule has 88 valence electrons. The molecule has 0 bridgehead atoms. The van der Waals surface area contributed by atoms with Gasteiger partial charge in [-0.2, -0.15) is 0 Å². The number of aromatic nitrogens is 1. The van der Waals surface area contributed by atoms with Crippen LogP contribution in [-0.4, -0.2) is 28.1 Å². The van der Waals surface area contributed by atoms with Crippen molar-refractivity contribution in [3.8, 4) is 0 Å². The number of H-pyrrole nitrogens is 1. The second-order valence-electron chi connectivity index (χ2n) is 4.54. The fourth-order valence-corrected chi connectivity index (χ4v) is 2.33. The summed E-state index contributed by atoms with van der Waals surface area (Å²) in [6, 6.07) is 3.53. The molecule has 16 heavy (non-hydrogen) atoms. The fraction of sp³-hybridized carbons (Fsp3) is 0.583. The van der Waals surface area contributed by atoms with Gasteiger partial charge in [-0.15, -0.1) is 0 Å². The van der Waals surface area contributed by atoms with Crippen molar-refractivity contribution in [3.05, 3.63) is 24.0 Å². The molecule has 1 aliphatic carbocycles. The van der Waals surface area contributed by atoms with Gasteiger partial charge in [-0.3, -0.25) is 4.79 Å². The number of hydrogen-bond acceptors (Lipinski definition) is 2. The number of aliphatic hydroxyl groups excluding tert-OH is 1. The Morgan fingerprint density at radius 3 is 2.75 bits per heavy atom. The molecule has 2 rings (SSSR count). The molecule has 1 amide bonds. The van der Waals surface area contributed by atoms with Gasteiger partial charge in [0, 0.05) is 6.20 Å². The first-order valence-corrected chi connectivity index (χ1v) is 5.83. The number of rotatable bonds is 3. The third kappa shape index (κ3) is 2.27. The second-order valence-corrected chi connectivity index (χ2v) is 4.54. The van der Waals surface area contributed by atoms with Crippen LogP contribution in [0.3, 0.4) is 0 Å². The van der Waals surface area contributed by atoms with E-state index in [-0.39, 0.29) is 12.5 Å². The maximum Gasteiger partial charge on any atom is 0.268 e. The predicted molar refractivity (Wildman–Crippen MR) is 61.2 cm³/mol. The van der Waals surface area contributed by atoms with E-state index in [1.807, 2.05) is 0 Å². The smallest absolute Gasteiger partial charge is 0.268 e. The van der Waals surface area contributed by atoms with Gasteiger partial charge in [0.1, 0.15) is 5.69 Å². The van der Waals surface area contributed by atoms with Gasteiger partial charge in [-0.25, -0.2) is 0 Å². The average molecular weight is 222 g/mol. The van der Waals surface area contributed by atoms with Gasteiger partial charge in [0.05, 0.1) is 12.1 Å². The summed E-state index contributed by atoms with van der Waals surface area (Å²) in [6.45, 7) is 0.0272. The van der Waals surface area contributed by atoms with E-state index in [1.165, 1.54) is 6.42 Å². The molecule has 4 nitrogen and oxygen atoms in total. The third-order valence-corrected chi connectivity index (χ3v) is 3.33. The molecule has 0 saturated heterocycles. The van der Waals surface area contributed by atoms with Gasteiger partial charge in [0.2, 0.25) is 0 Å². The van der Waals surface area contributed by atoms with Crippen molar-refractivity contribution in [2.24, 2.45) is 0 Å². The minimum absolute atomic E-state index is 0.0272. The summed E-state index contributed by atoms with van der Waals surface area (Å²) in [7, 11) is 0. The minimum atomic E-state index is -0.402. The highest BCUT2D eigenvalue weighted by molar-refractivity contribution is 5.92. The van der Waals surface area contributed by atoms with Gasteiger partial charge in [-0.05, 0) is 25.0 Å². The van der Waals surface area contributed by atoms with E-state index < -0.39 is 5.54 Å². The van der Waals surface area contributed by atoms with Crippen molar-refractivity contribution in [2.45, 2.75) is 37.6 Å². The fourth-order valence-electron chi connectivity index (χ4n) is 2.33. The van der Waals surface area contributed by atoms with Crippen molar-refractivity contribution in [1.29, 1.82) is 0 Å². The molecule has 1 heterocycles. The zero-order valence-electron chi connectivity index (χ0n) is 9.33. The average Bonchev–Trinajstić information content (AvgIpc) is 2.84. The maximum atomic E-state index is 11.9. The molecule has 1 fully saturated rings. The number of aliphatic hydroxyl groups is 1. The van der Waals surface area contributed by atoms with Crippen LogP contribution in [0.2, 0.25) is 0 Å². The van der Waals surface area contributed by atoms with Crippen molar-refractivity contribution in [1.82, 2.24) is 10.3 Å². The van der Waals surface area contributed by atoms with Crippen molar-refractivity contribution in [2.75, 3.05) is 6.61 Å². The molecule has 0 aromatic carbocycles. The Hall–Kier alpha value is -1.29. The van der Waals surface area contributed by atoms with Crippen LogP contribution in [0.1, 0.15) is 42.6 Å². The lowest BCUT2D eigenvalue weighted by atomic mass is 9.82. The Labute approximate surface area is 95.1 Å². The van der Waals surface area contributed by atoms with Crippen molar-refractivity contribution >= 4 is 5.91 Å². The number of amides is 1. The number of hydrogen-bond donors (Lipinski definition) is 3. The zero-order valence-corrected chi connectivity index (χ0v) is 9.33. The Morgan fingerprint density at radius 2 is 2.19 bits per heavy atom. The van der Waals surface area contributed by atoms with Crippen LogP contribution in [-0.2, 0) is 0 Å². The van der Waals surface area contributed by atoms with E-state index in [0.29, 0.717) is 5.69 Å². The summed E-state index contributed by atoms with van der Waals surface area (Å²) in [6.07, 6.45) is 6.81. The molecule has 4 heteroatoms. The monoisotopic (exact) mass is 222 g/mol. The van der Waals surface area contributed by atoms with Crippen LogP contribution in [0, 0.1) is 0 Å². The maximum absolute atomic E-state index is 11.9. The number of carbonyl (C=O) groups is 1. The number of aromatic amines is 1. The predicted octanol–water partition coefficient (Wildman–Crippen LogP) is 1.44. The molecule has 0 spiro atoms. The summed E-state index contributed by atoms with van der Waals surface area (Å²) in [5.74, 6) is -0.124. The third-order valence-electron chi connectivity index (χ3n) is 3.33. The summed E-state index contributed by atoms with van der Waals surface area (Å²) >= 11 is 0. The summed E-state index contributed by atoms with van der Waals surface area (Å²) in [4.78, 5) is 14.8. The number of carbonyl (C=O) groups excluding carboxylic acids is 1. The van der Waals surface area contributed by atoms with Crippen molar-refractivity contribution in [3.63, 3.8) is 0 Å². The first kappa shape index (κ1) is 11.2. The molecular weight excluding hydrogens is 204 g/mol. The van der Waals surface area contributed by atoms with Gasteiger partial charge < -0.3 is 15.4 Å². The summed E-state index contributed by atoms with van der Waals surface area (Å²) in [5, 5.41) is 12.4. The van der Waals surface area contributed by atoms with E-state index >= 15 is 0 Å². The summed E-state index contributed by atoms with van der Waals surface area (Å²) in [5.41, 5.74) is 0.152. The highest BCUT2D eigenvalue weighted by Gasteiger charge is 2.33. The molecule has 0 radical (unpaired) electrons. The van der Waals surface area contributed by atoms with Crippen LogP contribution in [0.4, 0.5) is 0 Å². The highest BCUT2D eigenvalue weighted by Crippen LogP contribution is 2.27. The first-order valence-electron chi connectivity index (χ1n) is 5.83. The molecule has 0 aliphatic heterocycles. The van der Waals surface area contributed by atoms with E-state index in [2.05, 4.69) is 10.3 Å². The highest BCUT2D eigenvalue weighted by atomic mass is 16.3. The topological polar surface area (TPSA) is 65.1 Å². The molecule has 1 saturated carbocycles. The molecule has 1 aliphatic rings. The van der Waals surface area contributed by atoms with E-state index in [1.54, 1.807) is 18.3 Å². The SMILES string of the molecule is O=C(NC1(CO)CCCCC1)c1ccc[nH]1. The zero-order chi connectivity index (χ0) is 11.4. The van der Waals surface area contributed by atoms with E-state index in [4.69, 9.17) is 0 Å². The van der Waals surface area contributed by atoms with E-state index in [0.717, 1.165) is 25.7 Å². The van der Waals surface area contributed by atoms with Gasteiger partial charge in [0.15, 0.2) is 0 Å². The van der Waals surface area contributed by atoms with Crippen LogP contribution >= 0.6 is 0 Å². The second kappa shape index (κ2) is 4.70. The van der Waals surface area contributed by atoms with Gasteiger partial charge in [-0.1, -0.05) is 19.3 Å². The largest absolute Gasteiger partial charge is 0.394 e. The van der Waals surface area contributed by atoms with Crippen LogP contribution in [0.25, 0.3) is 0 Å².